The maximum atomic E-state index is 12.9. The van der Waals surface area contributed by atoms with E-state index in [9.17, 15) is 24.0 Å². The summed E-state index contributed by atoms with van der Waals surface area (Å²) in [6.45, 7) is -0.817. The highest BCUT2D eigenvalue weighted by Gasteiger charge is 2.52. The first-order chi connectivity index (χ1) is 23.8. The number of thiol groups is 1. The summed E-state index contributed by atoms with van der Waals surface area (Å²) in [5.41, 5.74) is 2.27. The van der Waals surface area contributed by atoms with Crippen molar-refractivity contribution in [3.05, 3.63) is 120 Å². The summed E-state index contributed by atoms with van der Waals surface area (Å²) in [5, 5.41) is 10.3. The van der Waals surface area contributed by atoms with E-state index in [2.05, 4.69) is 70.3 Å². The smallest absolute Gasteiger partial charge is 0.326 e. The first-order valence-corrected chi connectivity index (χ1v) is 17.8. The van der Waals surface area contributed by atoms with Crippen molar-refractivity contribution in [1.82, 2.24) is 21.3 Å². The van der Waals surface area contributed by atoms with E-state index in [-0.39, 0.29) is 18.7 Å². The molecule has 4 amide bonds. The molecule has 4 N–H and O–H groups in total. The minimum absolute atomic E-state index is 0.0101. The molecule has 1 aliphatic heterocycles. The highest BCUT2D eigenvalue weighted by Crippen LogP contribution is 2.48. The van der Waals surface area contributed by atoms with Crippen molar-refractivity contribution in [2.45, 2.75) is 48.1 Å². The van der Waals surface area contributed by atoms with Crippen LogP contribution in [0.4, 0.5) is 0 Å². The van der Waals surface area contributed by atoms with E-state index in [1.165, 1.54) is 0 Å². The third-order valence-electron chi connectivity index (χ3n) is 8.38. The van der Waals surface area contributed by atoms with E-state index < -0.39 is 58.6 Å². The zero-order chi connectivity index (χ0) is 34.7. The lowest BCUT2D eigenvalue weighted by Gasteiger charge is -2.35. The van der Waals surface area contributed by atoms with Crippen molar-refractivity contribution in [1.29, 1.82) is 0 Å². The summed E-state index contributed by atoms with van der Waals surface area (Å²) in [6, 6.07) is 30.1. The Morgan fingerprint density at radius 3 is 1.90 bits per heavy atom. The van der Waals surface area contributed by atoms with Crippen molar-refractivity contribution in [2.75, 3.05) is 24.6 Å². The molecule has 12 heteroatoms. The molecule has 3 aromatic rings. The zero-order valence-electron chi connectivity index (χ0n) is 26.9. The van der Waals surface area contributed by atoms with Crippen LogP contribution in [0.25, 0.3) is 0 Å². The van der Waals surface area contributed by atoms with Gasteiger partial charge in [-0.25, -0.2) is 0 Å². The van der Waals surface area contributed by atoms with Crippen molar-refractivity contribution < 1.29 is 28.7 Å². The molecule has 0 unspecified atom stereocenters. The average molecular weight is 701 g/mol. The summed E-state index contributed by atoms with van der Waals surface area (Å²) in [6.07, 6.45) is 3.75. The topological polar surface area (TPSA) is 143 Å². The molecule has 5 rings (SSSR count). The SMILES string of the molecule is O=C1C[C@@H](/C=C/CCSC(c2ccccc2)(c2ccccc2)c2ccccc2)OC(=O)CNC(=O)C2(CC2)NC(=O)[C@@H](CS)NC(=O)CN1. The van der Waals surface area contributed by atoms with Gasteiger partial charge in [-0.2, -0.15) is 12.6 Å². The molecule has 0 bridgehead atoms. The molecular formula is C37H40N4O6S2. The fourth-order valence-electron chi connectivity index (χ4n) is 5.71. The number of benzene rings is 3. The van der Waals surface area contributed by atoms with Crippen LogP contribution in [0.1, 0.15) is 42.4 Å². The van der Waals surface area contributed by atoms with Crippen LogP contribution < -0.4 is 21.3 Å². The van der Waals surface area contributed by atoms with Crippen LogP contribution in [0, 0.1) is 0 Å². The van der Waals surface area contributed by atoms with Gasteiger partial charge in [0.05, 0.1) is 17.7 Å². The standard InChI is InChI=1S/C37H40N4O6S2/c42-31-22-29(47-33(44)24-39-35(46)36(19-20-36)41-34(45)30(25-48)40-32(43)23-38-31)18-10-11-21-49-37(26-12-4-1-5-13-26,27-14-6-2-7-15-27)28-16-8-3-9-17-28/h1-10,12-18,29-30,48H,11,19-25H2,(H,38,42)(H,39,46)(H,40,43)(H,41,45)/b18-10+/t29-,30-/m1/s1. The third kappa shape index (κ3) is 9.12. The Bertz CT molecular complexity index is 1550. The van der Waals surface area contributed by atoms with Gasteiger partial charge < -0.3 is 26.0 Å². The molecule has 2 aliphatic rings. The van der Waals surface area contributed by atoms with Crippen molar-refractivity contribution in [3.63, 3.8) is 0 Å². The van der Waals surface area contributed by atoms with Crippen LogP contribution in [0.3, 0.4) is 0 Å². The number of amides is 4. The molecule has 1 spiro atoms. The lowest BCUT2D eigenvalue weighted by molar-refractivity contribution is -0.148. The fraction of sp³-hybridized carbons (Fsp3) is 0.324. The molecule has 0 radical (unpaired) electrons. The number of esters is 1. The van der Waals surface area contributed by atoms with E-state index in [1.54, 1.807) is 17.8 Å². The number of cyclic esters (lactones) is 1. The van der Waals surface area contributed by atoms with Crippen LogP contribution >= 0.6 is 24.4 Å². The summed E-state index contributed by atoms with van der Waals surface area (Å²) in [7, 11) is 0. The average Bonchev–Trinajstić information content (AvgIpc) is 3.91. The molecule has 1 saturated carbocycles. The van der Waals surface area contributed by atoms with Crippen LogP contribution in [-0.4, -0.2) is 71.9 Å². The second-order valence-corrected chi connectivity index (χ2v) is 13.6. The van der Waals surface area contributed by atoms with Gasteiger partial charge in [0, 0.05) is 5.75 Å². The molecule has 10 nitrogen and oxygen atoms in total. The Hall–Kier alpha value is -4.55. The number of rotatable bonds is 9. The quantitative estimate of drug-likeness (QED) is 0.0759. The van der Waals surface area contributed by atoms with Gasteiger partial charge in [-0.05, 0) is 47.8 Å². The Morgan fingerprint density at radius 1 is 0.796 bits per heavy atom. The van der Waals surface area contributed by atoms with Gasteiger partial charge in [0.15, 0.2) is 0 Å². The van der Waals surface area contributed by atoms with Crippen molar-refractivity contribution in [2.24, 2.45) is 0 Å². The Balaban J connectivity index is 1.30. The minimum Gasteiger partial charge on any atom is -0.456 e. The molecule has 2 atom stereocenters. The number of hydrogen-bond acceptors (Lipinski definition) is 8. The maximum Gasteiger partial charge on any atom is 0.326 e. The summed E-state index contributed by atoms with van der Waals surface area (Å²) in [5.74, 6) is -2.26. The summed E-state index contributed by atoms with van der Waals surface area (Å²) >= 11 is 5.94. The fourth-order valence-corrected chi connectivity index (χ4v) is 7.43. The van der Waals surface area contributed by atoms with Gasteiger partial charge in [0.1, 0.15) is 24.2 Å². The van der Waals surface area contributed by atoms with Gasteiger partial charge in [-0.3, -0.25) is 24.0 Å². The number of allylic oxidation sites excluding steroid dienone is 1. The second kappa shape index (κ2) is 16.7. The van der Waals surface area contributed by atoms with E-state index in [4.69, 9.17) is 4.74 Å². The Kier molecular flexibility index (Phi) is 12.2. The molecule has 1 heterocycles. The van der Waals surface area contributed by atoms with Gasteiger partial charge in [0.2, 0.25) is 23.6 Å². The Labute approximate surface area is 295 Å². The van der Waals surface area contributed by atoms with Crippen molar-refractivity contribution >= 4 is 54.0 Å². The zero-order valence-corrected chi connectivity index (χ0v) is 28.6. The lowest BCUT2D eigenvalue weighted by atomic mass is 9.84. The monoisotopic (exact) mass is 700 g/mol. The molecule has 2 fully saturated rings. The largest absolute Gasteiger partial charge is 0.456 e. The minimum atomic E-state index is -1.15. The first kappa shape index (κ1) is 35.7. The predicted molar refractivity (Wildman–Crippen MR) is 192 cm³/mol. The molecule has 3 aromatic carbocycles. The molecule has 1 saturated heterocycles. The number of carbonyl (C=O) groups is 5. The number of hydrogen-bond donors (Lipinski definition) is 5. The predicted octanol–water partition coefficient (Wildman–Crippen LogP) is 3.27. The van der Waals surface area contributed by atoms with Gasteiger partial charge in [-0.1, -0.05) is 97.1 Å². The lowest BCUT2D eigenvalue weighted by Crippen LogP contribution is -2.57. The summed E-state index contributed by atoms with van der Waals surface area (Å²) < 4.78 is 5.10. The molecule has 49 heavy (non-hydrogen) atoms. The summed E-state index contributed by atoms with van der Waals surface area (Å²) in [4.78, 5) is 63.8. The van der Waals surface area contributed by atoms with E-state index in [0.29, 0.717) is 25.0 Å². The molecule has 1 aliphatic carbocycles. The molecule has 0 aromatic heterocycles. The van der Waals surface area contributed by atoms with Crippen LogP contribution in [0.2, 0.25) is 0 Å². The van der Waals surface area contributed by atoms with Gasteiger partial charge in [-0.15, -0.1) is 11.8 Å². The normalized spacial score (nSPS) is 20.6. The van der Waals surface area contributed by atoms with Gasteiger partial charge in [0.25, 0.3) is 0 Å². The van der Waals surface area contributed by atoms with Gasteiger partial charge >= 0.3 is 5.97 Å². The number of ether oxygens (including phenoxy) is 1. The highest BCUT2D eigenvalue weighted by molar-refractivity contribution is 8.00. The van der Waals surface area contributed by atoms with Crippen LogP contribution in [0.15, 0.2) is 103 Å². The third-order valence-corrected chi connectivity index (χ3v) is 10.3. The number of nitrogens with one attached hydrogen (secondary N) is 4. The Morgan fingerprint density at radius 2 is 1.37 bits per heavy atom. The first-order valence-electron chi connectivity index (χ1n) is 16.2. The molecular weight excluding hydrogens is 661 g/mol. The van der Waals surface area contributed by atoms with Crippen molar-refractivity contribution in [3.8, 4) is 0 Å². The second-order valence-electron chi connectivity index (χ2n) is 11.9. The van der Waals surface area contributed by atoms with E-state index in [1.807, 2.05) is 60.7 Å². The van der Waals surface area contributed by atoms with Crippen LogP contribution in [-0.2, 0) is 33.5 Å². The maximum absolute atomic E-state index is 12.9. The van der Waals surface area contributed by atoms with E-state index >= 15 is 0 Å². The van der Waals surface area contributed by atoms with Crippen LogP contribution in [0.5, 0.6) is 0 Å². The number of thioether (sulfide) groups is 1. The van der Waals surface area contributed by atoms with E-state index in [0.717, 1.165) is 16.7 Å². The highest BCUT2D eigenvalue weighted by atomic mass is 32.2. The number of carbonyl (C=O) groups excluding carboxylic acids is 5. The molecule has 256 valence electrons.